The third-order valence-corrected chi connectivity index (χ3v) is 5.63. The largest absolute Gasteiger partial charge is 0.423 e. The lowest BCUT2D eigenvalue weighted by atomic mass is 10.0. The van der Waals surface area contributed by atoms with E-state index >= 15 is 0 Å². The second-order valence-corrected chi connectivity index (χ2v) is 8.84. The Kier molecular flexibility index (Phi) is 7.05. The third-order valence-electron chi connectivity index (χ3n) is 5.40. The van der Waals surface area contributed by atoms with Gasteiger partial charge in [0.15, 0.2) is 5.58 Å². The van der Waals surface area contributed by atoms with E-state index in [0.717, 1.165) is 29.8 Å². The van der Waals surface area contributed by atoms with Crippen molar-refractivity contribution < 1.29 is 13.9 Å². The van der Waals surface area contributed by atoms with Crippen LogP contribution in [0.4, 0.5) is 16.5 Å². The molecule has 1 heterocycles. The zero-order valence-electron chi connectivity index (χ0n) is 19.6. The molecule has 4 rings (SSSR count). The molecule has 34 heavy (non-hydrogen) atoms. The summed E-state index contributed by atoms with van der Waals surface area (Å²) in [5.74, 6) is 0.445. The second kappa shape index (κ2) is 10.2. The van der Waals surface area contributed by atoms with Gasteiger partial charge in [0.25, 0.3) is 6.01 Å². The van der Waals surface area contributed by atoms with Crippen molar-refractivity contribution in [3.8, 4) is 16.9 Å². The van der Waals surface area contributed by atoms with Gasteiger partial charge in [-0.05, 0) is 80.2 Å². The van der Waals surface area contributed by atoms with Crippen LogP contribution < -0.4 is 15.0 Å². The van der Waals surface area contributed by atoms with Crippen LogP contribution >= 0.6 is 11.6 Å². The highest BCUT2D eigenvalue weighted by Gasteiger charge is 2.13. The van der Waals surface area contributed by atoms with Crippen LogP contribution in [0.2, 0.25) is 5.02 Å². The number of oxazole rings is 1. The lowest BCUT2D eigenvalue weighted by molar-refractivity contribution is 0.215. The molecule has 3 aromatic carbocycles. The van der Waals surface area contributed by atoms with Gasteiger partial charge in [-0.3, -0.25) is 5.32 Å². The van der Waals surface area contributed by atoms with Gasteiger partial charge in [0, 0.05) is 30.8 Å². The van der Waals surface area contributed by atoms with Crippen molar-refractivity contribution in [2.75, 3.05) is 44.4 Å². The Labute approximate surface area is 203 Å². The van der Waals surface area contributed by atoms with Crippen LogP contribution in [0.1, 0.15) is 5.56 Å². The number of nitrogens with zero attached hydrogens (tertiary/aromatic N) is 3. The number of ether oxygens (including phenoxy) is 1. The SMILES string of the molecule is Cc1cc(Cl)ccc1-c1ccc(OC(=O)Nc2ccc3oc(N(C)CCN(C)C)nc3c2)cc1. The number of amides is 1. The Hall–Kier alpha value is -3.55. The van der Waals surface area contributed by atoms with Crippen molar-refractivity contribution in [1.29, 1.82) is 0 Å². The van der Waals surface area contributed by atoms with E-state index in [1.165, 1.54) is 0 Å². The molecule has 8 heteroatoms. The number of likely N-dealkylation sites (N-methyl/N-ethyl adjacent to an activating group) is 2. The van der Waals surface area contributed by atoms with Gasteiger partial charge in [0.2, 0.25) is 0 Å². The molecule has 1 N–H and O–H groups in total. The van der Waals surface area contributed by atoms with Crippen LogP contribution in [0.15, 0.2) is 65.1 Å². The molecule has 0 radical (unpaired) electrons. The van der Waals surface area contributed by atoms with Crippen molar-refractivity contribution in [3.63, 3.8) is 0 Å². The summed E-state index contributed by atoms with van der Waals surface area (Å²) in [4.78, 5) is 21.0. The highest BCUT2D eigenvalue weighted by Crippen LogP contribution is 2.28. The monoisotopic (exact) mass is 478 g/mol. The number of benzene rings is 3. The topological polar surface area (TPSA) is 70.8 Å². The number of anilines is 2. The molecular formula is C26H27ClN4O3. The molecule has 0 aliphatic carbocycles. The second-order valence-electron chi connectivity index (χ2n) is 8.40. The Morgan fingerprint density at radius 2 is 1.79 bits per heavy atom. The van der Waals surface area contributed by atoms with Gasteiger partial charge in [0.1, 0.15) is 11.3 Å². The predicted octanol–water partition coefficient (Wildman–Crippen LogP) is 6.07. The van der Waals surface area contributed by atoms with Gasteiger partial charge < -0.3 is 19.0 Å². The van der Waals surface area contributed by atoms with Gasteiger partial charge in [-0.1, -0.05) is 29.8 Å². The van der Waals surface area contributed by atoms with Gasteiger partial charge in [-0.2, -0.15) is 4.98 Å². The molecule has 0 bridgehead atoms. The summed E-state index contributed by atoms with van der Waals surface area (Å²) in [6.45, 7) is 3.68. The van der Waals surface area contributed by atoms with Gasteiger partial charge in [-0.25, -0.2) is 4.79 Å². The van der Waals surface area contributed by atoms with Crippen molar-refractivity contribution in [1.82, 2.24) is 9.88 Å². The summed E-state index contributed by atoms with van der Waals surface area (Å²) in [5.41, 5.74) is 5.06. The Morgan fingerprint density at radius 3 is 2.50 bits per heavy atom. The molecule has 0 aliphatic heterocycles. The number of carbonyl (C=O) groups is 1. The highest BCUT2D eigenvalue weighted by atomic mass is 35.5. The lowest BCUT2D eigenvalue weighted by Gasteiger charge is -2.17. The number of aromatic nitrogens is 1. The van der Waals surface area contributed by atoms with Crippen LogP contribution in [-0.2, 0) is 0 Å². The first kappa shape index (κ1) is 23.6. The van der Waals surface area contributed by atoms with E-state index in [1.54, 1.807) is 30.3 Å². The van der Waals surface area contributed by atoms with Crippen LogP contribution in [0.25, 0.3) is 22.2 Å². The van der Waals surface area contributed by atoms with E-state index < -0.39 is 6.09 Å². The van der Waals surface area contributed by atoms with Gasteiger partial charge in [-0.15, -0.1) is 0 Å². The van der Waals surface area contributed by atoms with Crippen molar-refractivity contribution in [2.24, 2.45) is 0 Å². The maximum absolute atomic E-state index is 12.4. The van der Waals surface area contributed by atoms with E-state index in [-0.39, 0.29) is 0 Å². The quantitative estimate of drug-likeness (QED) is 0.348. The Bertz CT molecular complexity index is 1300. The number of carbonyl (C=O) groups excluding carboxylic acids is 1. The Balaban J connectivity index is 1.40. The lowest BCUT2D eigenvalue weighted by Crippen LogP contribution is -2.28. The fourth-order valence-corrected chi connectivity index (χ4v) is 3.73. The molecule has 0 atom stereocenters. The van der Waals surface area contributed by atoms with E-state index in [0.29, 0.717) is 33.6 Å². The molecule has 0 spiro atoms. The van der Waals surface area contributed by atoms with E-state index in [2.05, 4.69) is 15.2 Å². The molecule has 0 aliphatic rings. The molecule has 0 unspecified atom stereocenters. The summed E-state index contributed by atoms with van der Waals surface area (Å²) in [6.07, 6.45) is -0.582. The molecule has 7 nitrogen and oxygen atoms in total. The minimum atomic E-state index is -0.582. The van der Waals surface area contributed by atoms with E-state index in [4.69, 9.17) is 20.8 Å². The van der Waals surface area contributed by atoms with Gasteiger partial charge in [0.05, 0.1) is 0 Å². The maximum Gasteiger partial charge on any atom is 0.417 e. The number of fused-ring (bicyclic) bond motifs is 1. The Morgan fingerprint density at radius 1 is 1.03 bits per heavy atom. The normalized spacial score (nSPS) is 11.1. The minimum Gasteiger partial charge on any atom is -0.423 e. The maximum atomic E-state index is 12.4. The van der Waals surface area contributed by atoms with Crippen molar-refractivity contribution in [2.45, 2.75) is 6.92 Å². The van der Waals surface area contributed by atoms with Gasteiger partial charge >= 0.3 is 6.09 Å². The summed E-state index contributed by atoms with van der Waals surface area (Å²) in [7, 11) is 5.97. The molecule has 4 aromatic rings. The number of aryl methyl sites for hydroxylation is 1. The summed E-state index contributed by atoms with van der Waals surface area (Å²) >= 11 is 6.05. The third kappa shape index (κ3) is 5.68. The summed E-state index contributed by atoms with van der Waals surface area (Å²) < 4.78 is 11.3. The van der Waals surface area contributed by atoms with E-state index in [9.17, 15) is 4.79 Å². The number of hydrogen-bond donors (Lipinski definition) is 1. The molecular weight excluding hydrogens is 452 g/mol. The van der Waals surface area contributed by atoms with Crippen LogP contribution in [0, 0.1) is 6.92 Å². The van der Waals surface area contributed by atoms with Crippen LogP contribution in [0.5, 0.6) is 5.75 Å². The number of halogens is 1. The molecule has 1 aromatic heterocycles. The molecule has 0 fully saturated rings. The van der Waals surface area contributed by atoms with Crippen molar-refractivity contribution in [3.05, 3.63) is 71.2 Å². The summed E-state index contributed by atoms with van der Waals surface area (Å²) in [6, 6.07) is 18.9. The standard InChI is InChI=1S/C26H27ClN4O3/c1-17-15-19(27)7-11-22(17)18-5-9-21(10-6-18)33-26(32)28-20-8-12-24-23(16-20)29-25(34-24)31(4)14-13-30(2)3/h5-12,15-16H,13-14H2,1-4H3,(H,28,32). The fraction of sp³-hybridized carbons (Fsp3) is 0.231. The smallest absolute Gasteiger partial charge is 0.417 e. The molecule has 0 saturated heterocycles. The summed E-state index contributed by atoms with van der Waals surface area (Å²) in [5, 5.41) is 3.45. The van der Waals surface area contributed by atoms with E-state index in [1.807, 2.05) is 63.3 Å². The number of rotatable bonds is 7. The molecule has 1 amide bonds. The zero-order valence-corrected chi connectivity index (χ0v) is 20.4. The van der Waals surface area contributed by atoms with Crippen molar-refractivity contribution >= 4 is 40.5 Å². The zero-order chi connectivity index (χ0) is 24.2. The predicted molar refractivity (Wildman–Crippen MR) is 137 cm³/mol. The highest BCUT2D eigenvalue weighted by molar-refractivity contribution is 6.30. The first-order valence-corrected chi connectivity index (χ1v) is 11.3. The minimum absolute atomic E-state index is 0.445. The first-order valence-electron chi connectivity index (χ1n) is 10.9. The fourth-order valence-electron chi connectivity index (χ4n) is 3.51. The molecule has 0 saturated carbocycles. The number of nitrogens with one attached hydrogen (secondary N) is 1. The number of hydrogen-bond acceptors (Lipinski definition) is 6. The first-order chi connectivity index (χ1) is 16.3. The molecule has 176 valence electrons. The average Bonchev–Trinajstić information content (AvgIpc) is 3.22. The average molecular weight is 479 g/mol. The van der Waals surface area contributed by atoms with Crippen LogP contribution in [-0.4, -0.2) is 50.2 Å². The van der Waals surface area contributed by atoms with Crippen LogP contribution in [0.3, 0.4) is 0 Å².